The summed E-state index contributed by atoms with van der Waals surface area (Å²) in [5.41, 5.74) is 0.796. The number of nitrogens with zero attached hydrogens (tertiary/aromatic N) is 4. The molecule has 1 unspecified atom stereocenters. The van der Waals surface area contributed by atoms with Crippen molar-refractivity contribution in [3.05, 3.63) is 52.4 Å². The number of carbonyl (C=O) groups is 1. The molecule has 1 aliphatic rings. The Morgan fingerprint density at radius 1 is 1.48 bits per heavy atom. The number of hydrogen-bond acceptors (Lipinski definition) is 7. The summed E-state index contributed by atoms with van der Waals surface area (Å²) in [5, 5.41) is 15.3. The van der Waals surface area contributed by atoms with Crippen LogP contribution in [0.3, 0.4) is 0 Å². The van der Waals surface area contributed by atoms with Crippen LogP contribution in [0.4, 0.5) is 0 Å². The summed E-state index contributed by atoms with van der Waals surface area (Å²) in [6.45, 7) is 1.90. The lowest BCUT2D eigenvalue weighted by molar-refractivity contribution is -0.130. The summed E-state index contributed by atoms with van der Waals surface area (Å²) >= 11 is 2.94. The first-order chi connectivity index (χ1) is 12.2. The SMILES string of the molecule is Cc1ccc(C2=NN(C(=O)CSc3ncn[nH]3)C(c3cccs3)C2)o1. The summed E-state index contributed by atoms with van der Waals surface area (Å²) < 4.78 is 5.69. The second-order valence-electron chi connectivity index (χ2n) is 5.51. The number of nitrogens with one attached hydrogen (secondary N) is 1. The highest BCUT2D eigenvalue weighted by Gasteiger charge is 2.34. The Bertz CT molecular complexity index is 886. The van der Waals surface area contributed by atoms with Gasteiger partial charge in [0.25, 0.3) is 5.91 Å². The highest BCUT2D eigenvalue weighted by molar-refractivity contribution is 7.99. The maximum atomic E-state index is 12.7. The van der Waals surface area contributed by atoms with E-state index in [9.17, 15) is 4.79 Å². The van der Waals surface area contributed by atoms with Crippen molar-refractivity contribution in [2.45, 2.75) is 24.5 Å². The van der Waals surface area contributed by atoms with Crippen molar-refractivity contribution in [1.82, 2.24) is 20.2 Å². The highest BCUT2D eigenvalue weighted by atomic mass is 32.2. The minimum Gasteiger partial charge on any atom is -0.460 e. The summed E-state index contributed by atoms with van der Waals surface area (Å²) in [6.07, 6.45) is 2.07. The van der Waals surface area contributed by atoms with Gasteiger partial charge in [0.2, 0.25) is 0 Å². The van der Waals surface area contributed by atoms with Gasteiger partial charge in [0.15, 0.2) is 5.16 Å². The Kier molecular flexibility index (Phi) is 4.41. The molecule has 128 valence electrons. The Morgan fingerprint density at radius 2 is 2.40 bits per heavy atom. The van der Waals surface area contributed by atoms with Gasteiger partial charge in [0.05, 0.1) is 11.8 Å². The van der Waals surface area contributed by atoms with Gasteiger partial charge in [-0.25, -0.2) is 9.99 Å². The van der Waals surface area contributed by atoms with E-state index >= 15 is 0 Å². The van der Waals surface area contributed by atoms with Crippen LogP contribution >= 0.6 is 23.1 Å². The molecule has 9 heteroatoms. The summed E-state index contributed by atoms with van der Waals surface area (Å²) in [7, 11) is 0. The first-order valence-electron chi connectivity index (χ1n) is 7.68. The van der Waals surface area contributed by atoms with Crippen LogP contribution < -0.4 is 0 Å². The Balaban J connectivity index is 1.56. The van der Waals surface area contributed by atoms with Gasteiger partial charge in [-0.2, -0.15) is 10.2 Å². The first-order valence-corrected chi connectivity index (χ1v) is 9.55. The number of hydrogen-bond donors (Lipinski definition) is 1. The van der Waals surface area contributed by atoms with Crippen LogP contribution in [0.25, 0.3) is 0 Å². The fourth-order valence-corrected chi connectivity index (χ4v) is 4.08. The Labute approximate surface area is 152 Å². The minimum atomic E-state index is -0.0942. The van der Waals surface area contributed by atoms with E-state index in [0.29, 0.717) is 11.6 Å². The lowest BCUT2D eigenvalue weighted by atomic mass is 10.1. The molecular formula is C16H15N5O2S2. The molecule has 4 heterocycles. The van der Waals surface area contributed by atoms with Crippen LogP contribution in [0.15, 0.2) is 50.6 Å². The molecule has 3 aromatic heterocycles. The zero-order chi connectivity index (χ0) is 17.2. The van der Waals surface area contributed by atoms with Crippen LogP contribution in [-0.2, 0) is 4.79 Å². The van der Waals surface area contributed by atoms with E-state index in [4.69, 9.17) is 4.42 Å². The van der Waals surface area contributed by atoms with Crippen LogP contribution in [0.2, 0.25) is 0 Å². The fraction of sp³-hybridized carbons (Fsp3) is 0.250. The number of aromatic amines is 1. The third kappa shape index (κ3) is 3.38. The van der Waals surface area contributed by atoms with Crippen LogP contribution in [0.5, 0.6) is 0 Å². The standard InChI is InChI=1S/C16H15N5O2S2/c1-10-4-5-13(23-10)11-7-12(14-3-2-6-24-14)21(20-11)15(22)8-25-16-17-9-18-19-16/h2-6,9,12H,7-8H2,1H3,(H,17,18,19). The molecule has 7 nitrogen and oxygen atoms in total. The molecule has 0 radical (unpaired) electrons. The quantitative estimate of drug-likeness (QED) is 0.694. The van der Waals surface area contributed by atoms with Gasteiger partial charge in [-0.05, 0) is 30.5 Å². The van der Waals surface area contributed by atoms with Crippen molar-refractivity contribution < 1.29 is 9.21 Å². The zero-order valence-electron chi connectivity index (χ0n) is 13.4. The minimum absolute atomic E-state index is 0.0712. The third-order valence-corrected chi connectivity index (χ3v) is 5.62. The van der Waals surface area contributed by atoms with Crippen molar-refractivity contribution in [1.29, 1.82) is 0 Å². The molecule has 0 fully saturated rings. The molecule has 4 rings (SSSR count). The van der Waals surface area contributed by atoms with Gasteiger partial charge >= 0.3 is 0 Å². The smallest absolute Gasteiger partial charge is 0.253 e. The van der Waals surface area contributed by atoms with E-state index in [0.717, 1.165) is 22.1 Å². The predicted octanol–water partition coefficient (Wildman–Crippen LogP) is 3.24. The van der Waals surface area contributed by atoms with Crippen molar-refractivity contribution in [2.24, 2.45) is 5.10 Å². The number of aromatic nitrogens is 3. The number of thioether (sulfide) groups is 1. The van der Waals surface area contributed by atoms with Gasteiger partial charge < -0.3 is 4.42 Å². The van der Waals surface area contributed by atoms with E-state index in [1.165, 1.54) is 18.1 Å². The normalized spacial score (nSPS) is 17.1. The van der Waals surface area contributed by atoms with Crippen molar-refractivity contribution in [3.8, 4) is 0 Å². The molecule has 0 aromatic carbocycles. The topological polar surface area (TPSA) is 87.4 Å². The lowest BCUT2D eigenvalue weighted by Crippen LogP contribution is -2.28. The van der Waals surface area contributed by atoms with Crippen molar-refractivity contribution in [2.75, 3.05) is 5.75 Å². The Hall–Kier alpha value is -2.39. The predicted molar refractivity (Wildman–Crippen MR) is 95.6 cm³/mol. The third-order valence-electron chi connectivity index (χ3n) is 3.79. The van der Waals surface area contributed by atoms with Crippen molar-refractivity contribution in [3.63, 3.8) is 0 Å². The number of hydrazone groups is 1. The second kappa shape index (κ2) is 6.85. The number of thiophene rings is 1. The first kappa shape index (κ1) is 16.1. The van der Waals surface area contributed by atoms with Gasteiger partial charge in [0.1, 0.15) is 23.6 Å². The fourth-order valence-electron chi connectivity index (χ4n) is 2.64. The average Bonchev–Trinajstić information content (AvgIpc) is 3.38. The average molecular weight is 373 g/mol. The molecule has 0 saturated heterocycles. The van der Waals surface area contributed by atoms with E-state index in [2.05, 4.69) is 20.3 Å². The van der Waals surface area contributed by atoms with Crippen molar-refractivity contribution >= 4 is 34.7 Å². The largest absolute Gasteiger partial charge is 0.460 e. The summed E-state index contributed by atoms with van der Waals surface area (Å²) in [5.74, 6) is 1.72. The second-order valence-corrected chi connectivity index (χ2v) is 7.45. The Morgan fingerprint density at radius 3 is 3.08 bits per heavy atom. The van der Waals surface area contributed by atoms with Gasteiger partial charge in [-0.1, -0.05) is 17.8 Å². The lowest BCUT2D eigenvalue weighted by Gasteiger charge is -2.20. The highest BCUT2D eigenvalue weighted by Crippen LogP contribution is 2.35. The number of rotatable bonds is 5. The molecule has 1 aliphatic heterocycles. The van der Waals surface area contributed by atoms with E-state index in [-0.39, 0.29) is 17.7 Å². The molecule has 25 heavy (non-hydrogen) atoms. The van der Waals surface area contributed by atoms with Crippen LogP contribution in [0.1, 0.15) is 28.9 Å². The number of furan rings is 1. The summed E-state index contributed by atoms with van der Waals surface area (Å²) in [6, 6.07) is 7.73. The van der Waals surface area contributed by atoms with E-state index < -0.39 is 0 Å². The molecule has 1 atom stereocenters. The van der Waals surface area contributed by atoms with Gasteiger partial charge in [-0.15, -0.1) is 11.3 Å². The maximum absolute atomic E-state index is 12.7. The monoisotopic (exact) mass is 373 g/mol. The molecule has 1 N–H and O–H groups in total. The van der Waals surface area contributed by atoms with Crippen LogP contribution in [-0.4, -0.2) is 37.6 Å². The number of H-pyrrole nitrogens is 1. The molecular weight excluding hydrogens is 358 g/mol. The molecule has 0 bridgehead atoms. The van der Waals surface area contributed by atoms with Gasteiger partial charge in [-0.3, -0.25) is 9.89 Å². The number of carbonyl (C=O) groups excluding carboxylic acids is 1. The van der Waals surface area contributed by atoms with Crippen LogP contribution in [0, 0.1) is 6.92 Å². The number of aryl methyl sites for hydroxylation is 1. The zero-order valence-corrected chi connectivity index (χ0v) is 15.0. The summed E-state index contributed by atoms with van der Waals surface area (Å²) in [4.78, 5) is 17.9. The van der Waals surface area contributed by atoms with E-state index in [1.807, 2.05) is 36.6 Å². The van der Waals surface area contributed by atoms with Gasteiger partial charge in [0, 0.05) is 11.3 Å². The molecule has 0 spiro atoms. The van der Waals surface area contributed by atoms with E-state index in [1.54, 1.807) is 16.3 Å². The maximum Gasteiger partial charge on any atom is 0.253 e. The molecule has 0 aliphatic carbocycles. The molecule has 0 saturated carbocycles. The molecule has 1 amide bonds. The number of amides is 1. The molecule has 3 aromatic rings.